The van der Waals surface area contributed by atoms with Gasteiger partial charge in [0.1, 0.15) is 0 Å². The van der Waals surface area contributed by atoms with Crippen molar-refractivity contribution in [2.24, 2.45) is 5.92 Å². The third-order valence-electron chi connectivity index (χ3n) is 2.69. The molecule has 1 N–H and O–H groups in total. The molecule has 2 unspecified atom stereocenters. The van der Waals surface area contributed by atoms with Crippen LogP contribution in [0.1, 0.15) is 19.8 Å². The zero-order chi connectivity index (χ0) is 8.97. The van der Waals surface area contributed by atoms with E-state index in [0.29, 0.717) is 5.92 Å². The Labute approximate surface area is 74.9 Å². The maximum Gasteiger partial charge on any atom is 0.0592 e. The topological polar surface area (TPSA) is 23.5 Å². The Kier molecular flexibility index (Phi) is 3.76. The van der Waals surface area contributed by atoms with E-state index in [1.807, 2.05) is 6.08 Å². The van der Waals surface area contributed by atoms with E-state index in [9.17, 15) is 5.11 Å². The molecule has 1 heterocycles. The van der Waals surface area contributed by atoms with Crippen molar-refractivity contribution in [3.63, 3.8) is 0 Å². The minimum Gasteiger partial charge on any atom is -0.393 e. The molecule has 0 spiro atoms. The molecule has 1 fully saturated rings. The van der Waals surface area contributed by atoms with Crippen LogP contribution in [0.2, 0.25) is 0 Å². The fourth-order valence-corrected chi connectivity index (χ4v) is 1.84. The quantitative estimate of drug-likeness (QED) is 0.643. The van der Waals surface area contributed by atoms with Crippen LogP contribution in [0.15, 0.2) is 12.7 Å². The van der Waals surface area contributed by atoms with Crippen molar-refractivity contribution in [1.82, 2.24) is 4.90 Å². The highest BCUT2D eigenvalue weighted by atomic mass is 16.3. The molecule has 1 saturated heterocycles. The lowest BCUT2D eigenvalue weighted by Gasteiger charge is -2.35. The molecule has 0 bridgehead atoms. The molecule has 1 aliphatic rings. The van der Waals surface area contributed by atoms with Gasteiger partial charge in [-0.2, -0.15) is 0 Å². The van der Waals surface area contributed by atoms with Gasteiger partial charge in [-0.1, -0.05) is 13.0 Å². The van der Waals surface area contributed by atoms with Crippen molar-refractivity contribution in [3.05, 3.63) is 12.7 Å². The summed E-state index contributed by atoms with van der Waals surface area (Å²) in [6, 6.07) is 0. The first-order chi connectivity index (χ1) is 5.77. The monoisotopic (exact) mass is 169 g/mol. The van der Waals surface area contributed by atoms with Crippen LogP contribution in [0.3, 0.4) is 0 Å². The lowest BCUT2D eigenvalue weighted by molar-refractivity contribution is 0.0295. The number of hydrogen-bond donors (Lipinski definition) is 1. The number of likely N-dealkylation sites (tertiary alicyclic amines) is 1. The predicted molar refractivity (Wildman–Crippen MR) is 51.0 cm³/mol. The van der Waals surface area contributed by atoms with Gasteiger partial charge < -0.3 is 5.11 Å². The fourth-order valence-electron chi connectivity index (χ4n) is 1.84. The van der Waals surface area contributed by atoms with Crippen LogP contribution in [-0.2, 0) is 0 Å². The van der Waals surface area contributed by atoms with E-state index in [0.717, 1.165) is 32.5 Å². The molecule has 0 aliphatic carbocycles. The largest absolute Gasteiger partial charge is 0.393 e. The van der Waals surface area contributed by atoms with Gasteiger partial charge in [-0.3, -0.25) is 4.90 Å². The van der Waals surface area contributed by atoms with Crippen LogP contribution >= 0.6 is 0 Å². The molecule has 2 nitrogen and oxygen atoms in total. The smallest absolute Gasteiger partial charge is 0.0592 e. The van der Waals surface area contributed by atoms with Crippen LogP contribution in [0.5, 0.6) is 0 Å². The van der Waals surface area contributed by atoms with Crippen molar-refractivity contribution in [2.45, 2.75) is 25.9 Å². The third kappa shape index (κ3) is 2.32. The maximum atomic E-state index is 9.60. The third-order valence-corrected chi connectivity index (χ3v) is 2.69. The number of aliphatic hydroxyl groups is 1. The maximum absolute atomic E-state index is 9.60. The molecule has 0 amide bonds. The average Bonchev–Trinajstić information content (AvgIpc) is 2.09. The first-order valence-corrected chi connectivity index (χ1v) is 4.79. The van der Waals surface area contributed by atoms with Gasteiger partial charge in [-0.15, -0.1) is 6.58 Å². The van der Waals surface area contributed by atoms with Gasteiger partial charge in [-0.05, 0) is 18.8 Å². The molecule has 0 saturated carbocycles. The zero-order valence-corrected chi connectivity index (χ0v) is 7.87. The predicted octanol–water partition coefficient (Wildman–Crippen LogP) is 1.27. The Bertz CT molecular complexity index is 147. The van der Waals surface area contributed by atoms with E-state index in [-0.39, 0.29) is 6.10 Å². The van der Waals surface area contributed by atoms with Gasteiger partial charge >= 0.3 is 0 Å². The SMILES string of the molecule is C=CCN1CCC(O)C(CC)C1. The molecule has 0 aromatic rings. The Morgan fingerprint density at radius 3 is 3.00 bits per heavy atom. The van der Waals surface area contributed by atoms with Gasteiger partial charge in [0.15, 0.2) is 0 Å². The van der Waals surface area contributed by atoms with E-state index in [2.05, 4.69) is 18.4 Å². The van der Waals surface area contributed by atoms with Crippen LogP contribution in [-0.4, -0.2) is 35.7 Å². The van der Waals surface area contributed by atoms with E-state index in [1.54, 1.807) is 0 Å². The van der Waals surface area contributed by atoms with Gasteiger partial charge in [0, 0.05) is 19.6 Å². The van der Waals surface area contributed by atoms with Crippen LogP contribution in [0.25, 0.3) is 0 Å². The van der Waals surface area contributed by atoms with Gasteiger partial charge in [0.25, 0.3) is 0 Å². The summed E-state index contributed by atoms with van der Waals surface area (Å²) < 4.78 is 0. The molecule has 1 rings (SSSR count). The van der Waals surface area contributed by atoms with E-state index in [4.69, 9.17) is 0 Å². The average molecular weight is 169 g/mol. The molecule has 2 atom stereocenters. The summed E-state index contributed by atoms with van der Waals surface area (Å²) in [4.78, 5) is 2.36. The Morgan fingerprint density at radius 1 is 1.67 bits per heavy atom. The lowest BCUT2D eigenvalue weighted by atomic mass is 9.92. The standard InChI is InChI=1S/C10H19NO/c1-3-6-11-7-5-10(12)9(4-2)8-11/h3,9-10,12H,1,4-8H2,2H3. The highest BCUT2D eigenvalue weighted by molar-refractivity contribution is 4.82. The molecular weight excluding hydrogens is 150 g/mol. The normalized spacial score (nSPS) is 31.8. The molecule has 12 heavy (non-hydrogen) atoms. The van der Waals surface area contributed by atoms with Crippen LogP contribution < -0.4 is 0 Å². The first-order valence-electron chi connectivity index (χ1n) is 4.79. The number of nitrogens with zero attached hydrogens (tertiary/aromatic N) is 1. The highest BCUT2D eigenvalue weighted by Crippen LogP contribution is 2.19. The summed E-state index contributed by atoms with van der Waals surface area (Å²) >= 11 is 0. The van der Waals surface area contributed by atoms with E-state index in [1.165, 1.54) is 0 Å². The number of aliphatic hydroxyl groups excluding tert-OH is 1. The summed E-state index contributed by atoms with van der Waals surface area (Å²) in [7, 11) is 0. The van der Waals surface area contributed by atoms with Crippen molar-refractivity contribution >= 4 is 0 Å². The van der Waals surface area contributed by atoms with Crippen molar-refractivity contribution < 1.29 is 5.11 Å². The number of rotatable bonds is 3. The van der Waals surface area contributed by atoms with Crippen molar-refractivity contribution in [3.8, 4) is 0 Å². The summed E-state index contributed by atoms with van der Waals surface area (Å²) in [5, 5.41) is 9.60. The highest BCUT2D eigenvalue weighted by Gasteiger charge is 2.25. The van der Waals surface area contributed by atoms with Crippen molar-refractivity contribution in [1.29, 1.82) is 0 Å². The van der Waals surface area contributed by atoms with E-state index < -0.39 is 0 Å². The second kappa shape index (κ2) is 4.63. The lowest BCUT2D eigenvalue weighted by Crippen LogP contribution is -2.42. The summed E-state index contributed by atoms with van der Waals surface area (Å²) in [5.41, 5.74) is 0. The number of hydrogen-bond acceptors (Lipinski definition) is 2. The minimum absolute atomic E-state index is 0.0731. The Morgan fingerprint density at radius 2 is 2.42 bits per heavy atom. The Hall–Kier alpha value is -0.340. The first kappa shape index (κ1) is 9.75. The summed E-state index contributed by atoms with van der Waals surface area (Å²) in [5.74, 6) is 0.471. The minimum atomic E-state index is -0.0731. The molecule has 70 valence electrons. The van der Waals surface area contributed by atoms with E-state index >= 15 is 0 Å². The van der Waals surface area contributed by atoms with Gasteiger partial charge in [0.2, 0.25) is 0 Å². The molecule has 0 aromatic carbocycles. The molecule has 2 heteroatoms. The van der Waals surface area contributed by atoms with Gasteiger partial charge in [-0.25, -0.2) is 0 Å². The number of piperidine rings is 1. The fraction of sp³-hybridized carbons (Fsp3) is 0.800. The molecular formula is C10H19NO. The second-order valence-electron chi connectivity index (χ2n) is 3.57. The summed E-state index contributed by atoms with van der Waals surface area (Å²) in [6.45, 7) is 8.88. The molecule has 0 aromatic heterocycles. The van der Waals surface area contributed by atoms with Crippen LogP contribution in [0, 0.1) is 5.92 Å². The van der Waals surface area contributed by atoms with Crippen LogP contribution in [0.4, 0.5) is 0 Å². The Balaban J connectivity index is 2.38. The zero-order valence-electron chi connectivity index (χ0n) is 7.87. The van der Waals surface area contributed by atoms with Gasteiger partial charge in [0.05, 0.1) is 6.10 Å². The molecule has 1 aliphatic heterocycles. The summed E-state index contributed by atoms with van der Waals surface area (Å²) in [6.07, 6.45) is 3.86. The second-order valence-corrected chi connectivity index (χ2v) is 3.57. The van der Waals surface area contributed by atoms with Crippen molar-refractivity contribution in [2.75, 3.05) is 19.6 Å². The molecule has 0 radical (unpaired) electrons.